The molecule has 1 heterocycles. The van der Waals surface area contributed by atoms with Crippen molar-refractivity contribution in [1.82, 2.24) is 10.2 Å². The lowest BCUT2D eigenvalue weighted by atomic mass is 10.0. The minimum Gasteiger partial charge on any atom is -0.377 e. The summed E-state index contributed by atoms with van der Waals surface area (Å²) < 4.78 is 6.84. The van der Waals surface area contributed by atoms with Crippen LogP contribution in [0.4, 0.5) is 0 Å². The fraction of sp³-hybridized carbons (Fsp3) is 0.625. The molecule has 1 aromatic carbocycles. The predicted molar refractivity (Wildman–Crippen MR) is 87.0 cm³/mol. The van der Waals surface area contributed by atoms with Gasteiger partial charge in [0.05, 0.1) is 6.10 Å². The van der Waals surface area contributed by atoms with Gasteiger partial charge in [-0.2, -0.15) is 0 Å². The van der Waals surface area contributed by atoms with E-state index >= 15 is 0 Å². The molecule has 2 unspecified atom stereocenters. The fourth-order valence-corrected chi connectivity index (χ4v) is 3.19. The molecule has 0 aliphatic carbocycles. The minimum absolute atomic E-state index is 0.402. The topological polar surface area (TPSA) is 24.5 Å². The van der Waals surface area contributed by atoms with Crippen molar-refractivity contribution >= 4 is 15.9 Å². The first kappa shape index (κ1) is 16.0. The lowest BCUT2D eigenvalue weighted by molar-refractivity contribution is 0.0801. The first-order valence-electron chi connectivity index (χ1n) is 7.42. The van der Waals surface area contributed by atoms with E-state index in [0.717, 1.165) is 30.6 Å². The highest BCUT2D eigenvalue weighted by Gasteiger charge is 2.18. The van der Waals surface area contributed by atoms with Crippen LogP contribution < -0.4 is 5.32 Å². The van der Waals surface area contributed by atoms with Gasteiger partial charge in [-0.15, -0.1) is 0 Å². The summed E-state index contributed by atoms with van der Waals surface area (Å²) in [7, 11) is 4.22. The second-order valence-corrected chi connectivity index (χ2v) is 6.50. The van der Waals surface area contributed by atoms with Crippen LogP contribution in [0.2, 0.25) is 0 Å². The Balaban J connectivity index is 1.80. The van der Waals surface area contributed by atoms with E-state index in [-0.39, 0.29) is 0 Å². The molecule has 4 heteroatoms. The van der Waals surface area contributed by atoms with Gasteiger partial charge in [0, 0.05) is 23.7 Å². The molecule has 112 valence electrons. The van der Waals surface area contributed by atoms with Crippen LogP contribution in [0.3, 0.4) is 0 Å². The molecule has 20 heavy (non-hydrogen) atoms. The Kier molecular flexibility index (Phi) is 6.49. The SMILES string of the molecule is CNC(CCN(C)CC1CCCO1)c1cccc(Br)c1. The first-order valence-corrected chi connectivity index (χ1v) is 8.21. The van der Waals surface area contributed by atoms with E-state index in [1.54, 1.807) is 0 Å². The largest absolute Gasteiger partial charge is 0.377 e. The average molecular weight is 341 g/mol. The zero-order valence-electron chi connectivity index (χ0n) is 12.4. The van der Waals surface area contributed by atoms with Crippen LogP contribution in [0.15, 0.2) is 28.7 Å². The number of nitrogens with zero attached hydrogens (tertiary/aromatic N) is 1. The molecule has 1 N–H and O–H groups in total. The quantitative estimate of drug-likeness (QED) is 0.824. The molecule has 2 rings (SSSR count). The zero-order valence-corrected chi connectivity index (χ0v) is 14.0. The number of nitrogens with one attached hydrogen (secondary N) is 1. The molecule has 1 aromatic rings. The summed E-state index contributed by atoms with van der Waals surface area (Å²) in [6, 6.07) is 8.95. The monoisotopic (exact) mass is 340 g/mol. The number of likely N-dealkylation sites (N-methyl/N-ethyl adjacent to an activating group) is 1. The lowest BCUT2D eigenvalue weighted by Gasteiger charge is -2.24. The molecule has 3 nitrogen and oxygen atoms in total. The molecule has 0 bridgehead atoms. The van der Waals surface area contributed by atoms with Gasteiger partial charge in [0.15, 0.2) is 0 Å². The molecule has 0 radical (unpaired) electrons. The number of hydrogen-bond acceptors (Lipinski definition) is 3. The van der Waals surface area contributed by atoms with E-state index in [9.17, 15) is 0 Å². The van der Waals surface area contributed by atoms with E-state index in [0.29, 0.717) is 12.1 Å². The van der Waals surface area contributed by atoms with Gasteiger partial charge in [0.1, 0.15) is 0 Å². The molecule has 1 fully saturated rings. The summed E-state index contributed by atoms with van der Waals surface area (Å²) in [6.07, 6.45) is 3.98. The van der Waals surface area contributed by atoms with Crippen molar-refractivity contribution in [3.05, 3.63) is 34.3 Å². The Morgan fingerprint density at radius 2 is 2.35 bits per heavy atom. The third-order valence-electron chi connectivity index (χ3n) is 3.94. The van der Waals surface area contributed by atoms with Crippen LogP contribution in [-0.2, 0) is 4.74 Å². The Morgan fingerprint density at radius 1 is 1.50 bits per heavy atom. The van der Waals surface area contributed by atoms with Crippen molar-refractivity contribution in [3.63, 3.8) is 0 Å². The molecular weight excluding hydrogens is 316 g/mol. The van der Waals surface area contributed by atoms with E-state index in [1.165, 1.54) is 18.4 Å². The van der Waals surface area contributed by atoms with Gasteiger partial charge in [0.25, 0.3) is 0 Å². The summed E-state index contributed by atoms with van der Waals surface area (Å²) in [4.78, 5) is 2.39. The maximum atomic E-state index is 5.69. The number of ether oxygens (including phenoxy) is 1. The zero-order chi connectivity index (χ0) is 14.4. The summed E-state index contributed by atoms with van der Waals surface area (Å²) in [5, 5.41) is 3.42. The average Bonchev–Trinajstić information content (AvgIpc) is 2.92. The number of benzene rings is 1. The van der Waals surface area contributed by atoms with Crippen LogP contribution in [0.5, 0.6) is 0 Å². The second kappa shape index (κ2) is 8.13. The maximum Gasteiger partial charge on any atom is 0.0702 e. The standard InChI is InChI=1S/C16H25BrN2O/c1-18-16(13-5-3-6-14(17)11-13)8-9-19(2)12-15-7-4-10-20-15/h3,5-6,11,15-16,18H,4,7-10,12H2,1-2H3. The minimum atomic E-state index is 0.402. The van der Waals surface area contributed by atoms with Gasteiger partial charge in [-0.05, 0) is 57.6 Å². The summed E-state index contributed by atoms with van der Waals surface area (Å²) in [5.41, 5.74) is 1.34. The van der Waals surface area contributed by atoms with Crippen molar-refractivity contribution in [2.24, 2.45) is 0 Å². The molecule has 0 amide bonds. The van der Waals surface area contributed by atoms with Crippen LogP contribution in [-0.4, -0.2) is 44.8 Å². The molecule has 1 aliphatic rings. The number of hydrogen-bond donors (Lipinski definition) is 1. The van der Waals surface area contributed by atoms with Gasteiger partial charge < -0.3 is 15.0 Å². The fourth-order valence-electron chi connectivity index (χ4n) is 2.78. The Morgan fingerprint density at radius 3 is 3.00 bits per heavy atom. The van der Waals surface area contributed by atoms with E-state index in [4.69, 9.17) is 4.74 Å². The Labute approximate surface area is 130 Å². The third kappa shape index (κ3) is 4.85. The molecule has 1 aliphatic heterocycles. The highest BCUT2D eigenvalue weighted by atomic mass is 79.9. The first-order chi connectivity index (χ1) is 9.69. The van der Waals surface area contributed by atoms with E-state index < -0.39 is 0 Å². The highest BCUT2D eigenvalue weighted by Crippen LogP contribution is 2.21. The number of rotatable bonds is 7. The van der Waals surface area contributed by atoms with E-state index in [2.05, 4.69) is 57.5 Å². The molecule has 0 saturated carbocycles. The van der Waals surface area contributed by atoms with Crippen LogP contribution in [0.1, 0.15) is 30.9 Å². The van der Waals surface area contributed by atoms with Crippen molar-refractivity contribution in [2.45, 2.75) is 31.4 Å². The van der Waals surface area contributed by atoms with Crippen molar-refractivity contribution in [2.75, 3.05) is 33.8 Å². The van der Waals surface area contributed by atoms with Crippen LogP contribution in [0.25, 0.3) is 0 Å². The molecule has 2 atom stereocenters. The Bertz CT molecular complexity index is 407. The van der Waals surface area contributed by atoms with Crippen molar-refractivity contribution in [3.8, 4) is 0 Å². The summed E-state index contributed by atoms with van der Waals surface area (Å²) >= 11 is 3.54. The molecule has 0 spiro atoms. The smallest absolute Gasteiger partial charge is 0.0702 e. The maximum absolute atomic E-state index is 5.69. The van der Waals surface area contributed by atoms with Crippen LogP contribution >= 0.6 is 15.9 Å². The van der Waals surface area contributed by atoms with Gasteiger partial charge in [-0.3, -0.25) is 0 Å². The highest BCUT2D eigenvalue weighted by molar-refractivity contribution is 9.10. The van der Waals surface area contributed by atoms with Gasteiger partial charge in [-0.25, -0.2) is 0 Å². The van der Waals surface area contributed by atoms with E-state index in [1.807, 2.05) is 7.05 Å². The molecule has 1 saturated heterocycles. The lowest BCUT2D eigenvalue weighted by Crippen LogP contribution is -2.31. The normalized spacial score (nSPS) is 20.5. The second-order valence-electron chi connectivity index (χ2n) is 5.58. The van der Waals surface area contributed by atoms with Gasteiger partial charge >= 0.3 is 0 Å². The number of halogens is 1. The summed E-state index contributed by atoms with van der Waals surface area (Å²) in [5.74, 6) is 0. The van der Waals surface area contributed by atoms with Crippen LogP contribution in [0, 0.1) is 0 Å². The van der Waals surface area contributed by atoms with Crippen molar-refractivity contribution < 1.29 is 4.74 Å². The van der Waals surface area contributed by atoms with Crippen molar-refractivity contribution in [1.29, 1.82) is 0 Å². The third-order valence-corrected chi connectivity index (χ3v) is 4.43. The predicted octanol–water partition coefficient (Wildman–Crippen LogP) is 3.21. The van der Waals surface area contributed by atoms with Gasteiger partial charge in [-0.1, -0.05) is 28.1 Å². The Hall–Kier alpha value is -0.420. The van der Waals surface area contributed by atoms with Gasteiger partial charge in [0.2, 0.25) is 0 Å². The molecule has 0 aromatic heterocycles. The summed E-state index contributed by atoms with van der Waals surface area (Å²) in [6.45, 7) is 3.07. The molecular formula is C16H25BrN2O.